The molecule has 0 fully saturated rings. The zero-order valence-electron chi connectivity index (χ0n) is 6.68. The van der Waals surface area contributed by atoms with E-state index in [0.717, 1.165) is 0 Å². The first-order chi connectivity index (χ1) is 6.09. The lowest BCUT2D eigenvalue weighted by Crippen LogP contribution is -2.19. The Bertz CT molecular complexity index is 330. The van der Waals surface area contributed by atoms with Crippen molar-refractivity contribution in [3.05, 3.63) is 28.5 Å². The van der Waals surface area contributed by atoms with E-state index in [0.29, 0.717) is 10.2 Å². The largest absolute Gasteiger partial charge is 0.485 e. The molecule has 1 rings (SSSR count). The Balaban J connectivity index is 2.72. The molecule has 0 amide bonds. The van der Waals surface area contributed by atoms with Crippen LogP contribution in [0.3, 0.4) is 0 Å². The first-order valence-corrected chi connectivity index (χ1v) is 4.29. The van der Waals surface area contributed by atoms with Gasteiger partial charge in [-0.2, -0.15) is 0 Å². The summed E-state index contributed by atoms with van der Waals surface area (Å²) in [5, 5.41) is 6.92. The van der Waals surface area contributed by atoms with Gasteiger partial charge in [-0.25, -0.2) is 4.39 Å². The molecule has 5 heteroatoms. The predicted octanol–water partition coefficient (Wildman–Crippen LogP) is 1.90. The van der Waals surface area contributed by atoms with E-state index in [1.165, 1.54) is 18.2 Å². The van der Waals surface area contributed by atoms with Gasteiger partial charge in [-0.15, -0.1) is 0 Å². The van der Waals surface area contributed by atoms with Gasteiger partial charge < -0.3 is 10.5 Å². The van der Waals surface area contributed by atoms with Crippen LogP contribution < -0.4 is 10.5 Å². The maximum absolute atomic E-state index is 12.6. The van der Waals surface area contributed by atoms with E-state index in [9.17, 15) is 4.39 Å². The van der Waals surface area contributed by atoms with Crippen molar-refractivity contribution in [2.75, 3.05) is 6.61 Å². The van der Waals surface area contributed by atoms with Crippen LogP contribution in [0.5, 0.6) is 5.75 Å². The van der Waals surface area contributed by atoms with Crippen LogP contribution in [0.2, 0.25) is 0 Å². The minimum Gasteiger partial charge on any atom is -0.485 e. The first-order valence-electron chi connectivity index (χ1n) is 3.50. The summed E-state index contributed by atoms with van der Waals surface area (Å²) in [6.45, 7) is 0.00420. The minimum atomic E-state index is -0.345. The van der Waals surface area contributed by atoms with Crippen LogP contribution in [0, 0.1) is 11.2 Å². The van der Waals surface area contributed by atoms with E-state index < -0.39 is 0 Å². The molecule has 0 unspecified atom stereocenters. The van der Waals surface area contributed by atoms with Crippen molar-refractivity contribution in [3.63, 3.8) is 0 Å². The van der Waals surface area contributed by atoms with Gasteiger partial charge in [0.15, 0.2) is 0 Å². The third-order valence-electron chi connectivity index (χ3n) is 1.28. The summed E-state index contributed by atoms with van der Waals surface area (Å²) in [6.07, 6.45) is 0. The molecule has 0 aliphatic heterocycles. The molecule has 3 nitrogen and oxygen atoms in total. The number of ether oxygens (including phenoxy) is 1. The number of nitrogens with one attached hydrogen (secondary N) is 1. The predicted molar refractivity (Wildman–Crippen MR) is 51.5 cm³/mol. The van der Waals surface area contributed by atoms with Crippen LogP contribution >= 0.6 is 15.9 Å². The van der Waals surface area contributed by atoms with Crippen molar-refractivity contribution < 1.29 is 9.13 Å². The molecular formula is C8H8BrFN2O. The number of rotatable bonds is 3. The second-order valence-corrected chi connectivity index (χ2v) is 3.24. The van der Waals surface area contributed by atoms with Crippen LogP contribution in [0.4, 0.5) is 4.39 Å². The topological polar surface area (TPSA) is 59.1 Å². The third-order valence-corrected chi connectivity index (χ3v) is 1.90. The summed E-state index contributed by atoms with van der Waals surface area (Å²) in [5.74, 6) is 0.0508. The number of hydrogen-bond acceptors (Lipinski definition) is 2. The van der Waals surface area contributed by atoms with Crippen molar-refractivity contribution >= 4 is 21.8 Å². The molecule has 0 radical (unpaired) electrons. The molecule has 0 bridgehead atoms. The maximum atomic E-state index is 12.6. The quantitative estimate of drug-likeness (QED) is 0.633. The summed E-state index contributed by atoms with van der Waals surface area (Å²) >= 11 is 3.12. The zero-order chi connectivity index (χ0) is 9.84. The highest BCUT2D eigenvalue weighted by Crippen LogP contribution is 2.25. The lowest BCUT2D eigenvalue weighted by atomic mass is 10.3. The highest BCUT2D eigenvalue weighted by Gasteiger charge is 2.02. The van der Waals surface area contributed by atoms with Gasteiger partial charge >= 0.3 is 0 Å². The Morgan fingerprint density at radius 2 is 2.31 bits per heavy atom. The summed E-state index contributed by atoms with van der Waals surface area (Å²) < 4.78 is 18.2. The molecule has 0 aliphatic rings. The summed E-state index contributed by atoms with van der Waals surface area (Å²) in [7, 11) is 0. The van der Waals surface area contributed by atoms with Crippen LogP contribution in [-0.4, -0.2) is 12.4 Å². The van der Waals surface area contributed by atoms with E-state index in [2.05, 4.69) is 15.9 Å². The average Bonchev–Trinajstić information content (AvgIpc) is 2.02. The normalized spacial score (nSPS) is 9.69. The van der Waals surface area contributed by atoms with Crippen molar-refractivity contribution in [3.8, 4) is 5.75 Å². The molecule has 70 valence electrons. The average molecular weight is 247 g/mol. The second kappa shape index (κ2) is 4.23. The van der Waals surface area contributed by atoms with Crippen molar-refractivity contribution in [2.45, 2.75) is 0 Å². The van der Waals surface area contributed by atoms with Gasteiger partial charge in [0.25, 0.3) is 0 Å². The lowest BCUT2D eigenvalue weighted by Gasteiger charge is -2.06. The first kappa shape index (κ1) is 9.98. The smallest absolute Gasteiger partial charge is 0.145 e. The van der Waals surface area contributed by atoms with Crippen LogP contribution in [0.25, 0.3) is 0 Å². The van der Waals surface area contributed by atoms with Gasteiger partial charge in [0.1, 0.15) is 24.0 Å². The fourth-order valence-electron chi connectivity index (χ4n) is 0.748. The molecule has 1 aromatic carbocycles. The summed E-state index contributed by atoms with van der Waals surface area (Å²) in [4.78, 5) is 0. The van der Waals surface area contributed by atoms with Crippen LogP contribution in [0.1, 0.15) is 0 Å². The van der Waals surface area contributed by atoms with E-state index in [-0.39, 0.29) is 18.3 Å². The number of nitrogens with two attached hydrogens (primary N) is 1. The molecule has 1 aromatic rings. The van der Waals surface area contributed by atoms with Crippen LogP contribution in [-0.2, 0) is 0 Å². The van der Waals surface area contributed by atoms with E-state index in [4.69, 9.17) is 15.9 Å². The fraction of sp³-hybridized carbons (Fsp3) is 0.125. The molecule has 0 atom stereocenters. The fourth-order valence-corrected chi connectivity index (χ4v) is 1.21. The molecule has 0 saturated carbocycles. The highest BCUT2D eigenvalue weighted by atomic mass is 79.9. The Labute approximate surface area is 83.3 Å². The zero-order valence-corrected chi connectivity index (χ0v) is 8.27. The Kier molecular flexibility index (Phi) is 3.25. The summed E-state index contributed by atoms with van der Waals surface area (Å²) in [5.41, 5.74) is 5.09. The molecular weight excluding hydrogens is 239 g/mol. The summed E-state index contributed by atoms with van der Waals surface area (Å²) in [6, 6.07) is 4.04. The van der Waals surface area contributed by atoms with Crippen LogP contribution in [0.15, 0.2) is 22.7 Å². The van der Waals surface area contributed by atoms with Crippen molar-refractivity contribution in [2.24, 2.45) is 5.73 Å². The van der Waals surface area contributed by atoms with Gasteiger partial charge in [-0.05, 0) is 34.1 Å². The minimum absolute atomic E-state index is 0.00420. The number of amidine groups is 1. The number of benzene rings is 1. The van der Waals surface area contributed by atoms with Crippen molar-refractivity contribution in [1.29, 1.82) is 5.41 Å². The lowest BCUT2D eigenvalue weighted by molar-refractivity contribution is 0.371. The number of hydrogen-bond donors (Lipinski definition) is 2. The molecule has 0 spiro atoms. The van der Waals surface area contributed by atoms with Gasteiger partial charge in [-0.3, -0.25) is 5.41 Å². The molecule has 13 heavy (non-hydrogen) atoms. The number of halogens is 2. The monoisotopic (exact) mass is 246 g/mol. The molecule has 0 saturated heterocycles. The van der Waals surface area contributed by atoms with Gasteiger partial charge in [0.2, 0.25) is 0 Å². The van der Waals surface area contributed by atoms with E-state index in [1.54, 1.807) is 0 Å². The third kappa shape index (κ3) is 3.02. The van der Waals surface area contributed by atoms with Gasteiger partial charge in [0.05, 0.1) is 4.47 Å². The maximum Gasteiger partial charge on any atom is 0.145 e. The molecule has 3 N–H and O–H groups in total. The molecule has 0 aliphatic carbocycles. The van der Waals surface area contributed by atoms with Gasteiger partial charge in [-0.1, -0.05) is 0 Å². The SMILES string of the molecule is N=C(N)COc1ccc(F)cc1Br. The second-order valence-electron chi connectivity index (χ2n) is 2.39. The Morgan fingerprint density at radius 3 is 2.85 bits per heavy atom. The van der Waals surface area contributed by atoms with E-state index in [1.807, 2.05) is 0 Å². The standard InChI is InChI=1S/C8H8BrFN2O/c9-6-3-5(10)1-2-7(6)13-4-8(11)12/h1-3H,4H2,(H3,11,12). The molecule has 0 heterocycles. The van der Waals surface area contributed by atoms with Crippen molar-refractivity contribution in [1.82, 2.24) is 0 Å². The highest BCUT2D eigenvalue weighted by molar-refractivity contribution is 9.10. The Hall–Kier alpha value is -1.10. The Morgan fingerprint density at radius 1 is 1.62 bits per heavy atom. The van der Waals surface area contributed by atoms with Gasteiger partial charge in [0, 0.05) is 0 Å². The van der Waals surface area contributed by atoms with E-state index >= 15 is 0 Å². The molecule has 0 aromatic heterocycles.